The van der Waals surface area contributed by atoms with Crippen molar-refractivity contribution in [3.63, 3.8) is 0 Å². The van der Waals surface area contributed by atoms with Crippen molar-refractivity contribution in [2.24, 2.45) is 0 Å². The van der Waals surface area contributed by atoms with Crippen LogP contribution in [0.25, 0.3) is 10.9 Å². The second-order valence-corrected chi connectivity index (χ2v) is 6.90. The summed E-state index contributed by atoms with van der Waals surface area (Å²) in [5.74, 6) is -0.0558. The number of carbonyl (C=O) groups is 1. The number of fused-ring (bicyclic) bond motifs is 1. The summed E-state index contributed by atoms with van der Waals surface area (Å²) in [6, 6.07) is 6.11. The molecule has 0 saturated carbocycles. The minimum absolute atomic E-state index is 0.0558. The molecule has 1 fully saturated rings. The second kappa shape index (κ2) is 7.05. The summed E-state index contributed by atoms with van der Waals surface area (Å²) in [5.41, 5.74) is 5.03. The van der Waals surface area contributed by atoms with E-state index in [-0.39, 0.29) is 5.78 Å². The first-order valence-electron chi connectivity index (χ1n) is 8.50. The van der Waals surface area contributed by atoms with Gasteiger partial charge in [-0.15, -0.1) is 0 Å². The van der Waals surface area contributed by atoms with Crippen LogP contribution in [0, 0.1) is 6.92 Å². The number of hydrogen-bond acceptors (Lipinski definition) is 6. The summed E-state index contributed by atoms with van der Waals surface area (Å²) in [4.78, 5) is 18.3. The van der Waals surface area contributed by atoms with Crippen LogP contribution >= 0.6 is 11.9 Å². The van der Waals surface area contributed by atoms with Gasteiger partial charge in [0, 0.05) is 35.9 Å². The predicted molar refractivity (Wildman–Crippen MR) is 105 cm³/mol. The van der Waals surface area contributed by atoms with Gasteiger partial charge < -0.3 is 19.3 Å². The van der Waals surface area contributed by atoms with Crippen molar-refractivity contribution >= 4 is 40.0 Å². The average Bonchev–Trinajstić information content (AvgIpc) is 3.27. The first-order chi connectivity index (χ1) is 12.7. The Balaban J connectivity index is 1.75. The standard InChI is InChI=1S/C18H21N5O2S/c1-11-13(10-19-21-11)18(24)16-7-12-8-17(23-3-5-25-6-4-23)15(22-26-2)9-14(12)20-16/h7-10,20,22H,3-6H2,1-2H3,(H,19,21). The summed E-state index contributed by atoms with van der Waals surface area (Å²) in [6.07, 6.45) is 3.57. The Morgan fingerprint density at radius 3 is 2.81 bits per heavy atom. The van der Waals surface area contributed by atoms with E-state index >= 15 is 0 Å². The number of rotatable bonds is 5. The fraction of sp³-hybridized carbons (Fsp3) is 0.333. The van der Waals surface area contributed by atoms with E-state index in [4.69, 9.17) is 4.74 Å². The number of nitrogens with one attached hydrogen (secondary N) is 3. The number of benzene rings is 1. The third-order valence-corrected chi connectivity index (χ3v) is 5.04. The number of aromatic nitrogens is 3. The number of morpholine rings is 1. The summed E-state index contributed by atoms with van der Waals surface area (Å²) in [6.45, 7) is 5.03. The van der Waals surface area contributed by atoms with Crippen LogP contribution in [-0.4, -0.2) is 53.5 Å². The van der Waals surface area contributed by atoms with Crippen LogP contribution in [0.5, 0.6) is 0 Å². The quantitative estimate of drug-likeness (QED) is 0.472. The van der Waals surface area contributed by atoms with Gasteiger partial charge in [-0.2, -0.15) is 5.10 Å². The topological polar surface area (TPSA) is 86.0 Å². The fourth-order valence-electron chi connectivity index (χ4n) is 3.27. The van der Waals surface area contributed by atoms with Crippen molar-refractivity contribution in [2.45, 2.75) is 6.92 Å². The van der Waals surface area contributed by atoms with Gasteiger partial charge in [-0.1, -0.05) is 11.9 Å². The second-order valence-electron chi connectivity index (χ2n) is 6.28. The van der Waals surface area contributed by atoms with Crippen LogP contribution in [0.4, 0.5) is 11.4 Å². The van der Waals surface area contributed by atoms with Crippen molar-refractivity contribution in [1.29, 1.82) is 0 Å². The summed E-state index contributed by atoms with van der Waals surface area (Å²) in [5, 5.41) is 7.78. The van der Waals surface area contributed by atoms with Crippen molar-refractivity contribution in [2.75, 3.05) is 42.2 Å². The minimum atomic E-state index is -0.0558. The van der Waals surface area contributed by atoms with Crippen molar-refractivity contribution in [3.05, 3.63) is 41.3 Å². The zero-order valence-electron chi connectivity index (χ0n) is 14.8. The van der Waals surface area contributed by atoms with Crippen molar-refractivity contribution < 1.29 is 9.53 Å². The SMILES string of the molecule is CSNc1cc2[nH]c(C(=O)c3cn[nH]c3C)cc2cc1N1CCOCC1. The lowest BCUT2D eigenvalue weighted by molar-refractivity contribution is 0.103. The molecule has 0 aliphatic carbocycles. The van der Waals surface area contributed by atoms with Crippen LogP contribution < -0.4 is 9.62 Å². The Kier molecular flexibility index (Phi) is 4.60. The number of aromatic amines is 2. The number of carbonyl (C=O) groups excluding carboxylic acids is 1. The molecule has 0 unspecified atom stereocenters. The summed E-state index contributed by atoms with van der Waals surface area (Å²) in [7, 11) is 0. The molecule has 3 N–H and O–H groups in total. The number of ketones is 1. The molecule has 0 atom stereocenters. The molecule has 2 aromatic heterocycles. The Morgan fingerprint density at radius 2 is 2.12 bits per heavy atom. The van der Waals surface area contributed by atoms with E-state index in [1.165, 1.54) is 0 Å². The van der Waals surface area contributed by atoms with E-state index in [0.29, 0.717) is 11.3 Å². The summed E-state index contributed by atoms with van der Waals surface area (Å²) >= 11 is 1.55. The van der Waals surface area contributed by atoms with Crippen LogP contribution in [0.3, 0.4) is 0 Å². The van der Waals surface area contributed by atoms with E-state index in [9.17, 15) is 4.79 Å². The number of anilines is 2. The Bertz CT molecular complexity index is 942. The molecule has 26 heavy (non-hydrogen) atoms. The molecule has 1 aliphatic rings. The molecule has 0 spiro atoms. The van der Waals surface area contributed by atoms with Gasteiger partial charge in [0.25, 0.3) is 0 Å². The fourth-order valence-corrected chi connectivity index (χ4v) is 3.66. The highest BCUT2D eigenvalue weighted by molar-refractivity contribution is 7.99. The zero-order valence-corrected chi connectivity index (χ0v) is 15.6. The molecule has 7 nitrogen and oxygen atoms in total. The van der Waals surface area contributed by atoms with E-state index in [1.54, 1.807) is 18.1 Å². The zero-order chi connectivity index (χ0) is 18.1. The molecule has 4 rings (SSSR count). The number of ether oxygens (including phenoxy) is 1. The molecule has 3 aromatic rings. The number of H-pyrrole nitrogens is 2. The van der Waals surface area contributed by atoms with Gasteiger partial charge in [-0.05, 0) is 25.1 Å². The summed E-state index contributed by atoms with van der Waals surface area (Å²) < 4.78 is 8.82. The van der Waals surface area contributed by atoms with Crippen LogP contribution in [0.2, 0.25) is 0 Å². The highest BCUT2D eigenvalue weighted by Gasteiger charge is 2.19. The molecule has 1 aromatic carbocycles. The maximum absolute atomic E-state index is 12.8. The average molecular weight is 371 g/mol. The number of hydrogen-bond donors (Lipinski definition) is 3. The van der Waals surface area contributed by atoms with E-state index in [1.807, 2.05) is 19.2 Å². The molecule has 136 valence electrons. The molecule has 1 saturated heterocycles. The van der Waals surface area contributed by atoms with E-state index < -0.39 is 0 Å². The number of aryl methyl sites for hydroxylation is 1. The monoisotopic (exact) mass is 371 g/mol. The van der Waals surface area contributed by atoms with Gasteiger partial charge in [0.1, 0.15) is 0 Å². The first-order valence-corrected chi connectivity index (χ1v) is 9.73. The lowest BCUT2D eigenvalue weighted by Crippen LogP contribution is -2.36. The lowest BCUT2D eigenvalue weighted by atomic mass is 10.1. The molecule has 0 amide bonds. The van der Waals surface area contributed by atoms with Crippen LogP contribution in [0.15, 0.2) is 24.4 Å². The number of nitrogens with zero attached hydrogens (tertiary/aromatic N) is 2. The predicted octanol–water partition coefficient (Wildman–Crippen LogP) is 2.96. The normalized spacial score (nSPS) is 14.8. The van der Waals surface area contributed by atoms with Gasteiger partial charge in [-0.3, -0.25) is 9.89 Å². The van der Waals surface area contributed by atoms with Crippen LogP contribution in [0.1, 0.15) is 21.7 Å². The largest absolute Gasteiger partial charge is 0.378 e. The lowest BCUT2D eigenvalue weighted by Gasteiger charge is -2.30. The maximum atomic E-state index is 12.8. The highest BCUT2D eigenvalue weighted by Crippen LogP contribution is 2.34. The smallest absolute Gasteiger partial charge is 0.212 e. The van der Waals surface area contributed by atoms with Crippen LogP contribution in [-0.2, 0) is 4.74 Å². The third-order valence-electron chi connectivity index (χ3n) is 4.62. The molecule has 3 heterocycles. The van der Waals surface area contributed by atoms with Gasteiger partial charge >= 0.3 is 0 Å². The maximum Gasteiger partial charge on any atom is 0.212 e. The Labute approximate surface area is 155 Å². The van der Waals surface area contributed by atoms with Gasteiger partial charge in [0.2, 0.25) is 5.78 Å². The van der Waals surface area contributed by atoms with Gasteiger partial charge in [0.15, 0.2) is 0 Å². The molecular weight excluding hydrogens is 350 g/mol. The molecular formula is C18H21N5O2S. The van der Waals surface area contributed by atoms with E-state index in [0.717, 1.165) is 54.3 Å². The molecule has 1 aliphatic heterocycles. The molecule has 8 heteroatoms. The molecule has 0 bridgehead atoms. The highest BCUT2D eigenvalue weighted by atomic mass is 32.2. The van der Waals surface area contributed by atoms with Crippen molar-refractivity contribution in [1.82, 2.24) is 15.2 Å². The Morgan fingerprint density at radius 1 is 1.31 bits per heavy atom. The minimum Gasteiger partial charge on any atom is -0.378 e. The Hall–Kier alpha value is -2.45. The van der Waals surface area contributed by atoms with Gasteiger partial charge in [-0.25, -0.2) is 0 Å². The van der Waals surface area contributed by atoms with Crippen molar-refractivity contribution in [3.8, 4) is 0 Å². The van der Waals surface area contributed by atoms with Gasteiger partial charge in [0.05, 0.1) is 42.0 Å². The first kappa shape index (κ1) is 17.0. The third kappa shape index (κ3) is 3.06. The molecule has 0 radical (unpaired) electrons. The van der Waals surface area contributed by atoms with E-state index in [2.05, 4.69) is 36.9 Å².